The molecule has 0 spiro atoms. The number of alkyl halides is 2. The molecule has 0 aliphatic rings. The third kappa shape index (κ3) is 3.14. The number of hydrogen-bond donors (Lipinski definition) is 2. The van der Waals surface area contributed by atoms with Crippen LogP contribution in [0.5, 0.6) is 0 Å². The van der Waals surface area contributed by atoms with Crippen LogP contribution in [0.2, 0.25) is 0 Å². The van der Waals surface area contributed by atoms with E-state index >= 15 is 0 Å². The van der Waals surface area contributed by atoms with E-state index in [-0.39, 0.29) is 17.9 Å². The minimum Gasteiger partial charge on any atom is -0.385 e. The van der Waals surface area contributed by atoms with Gasteiger partial charge < -0.3 is 10.4 Å². The Kier molecular flexibility index (Phi) is 4.14. The first kappa shape index (κ1) is 12.3. The van der Waals surface area contributed by atoms with Crippen molar-refractivity contribution in [1.29, 1.82) is 5.26 Å². The molecule has 0 saturated carbocycles. The third-order valence-electron chi connectivity index (χ3n) is 1.92. The lowest BCUT2D eigenvalue weighted by Crippen LogP contribution is -2.27. The molecule has 0 aliphatic carbocycles. The maximum atomic E-state index is 12.0. The molecule has 86 valence electrons. The van der Waals surface area contributed by atoms with Crippen LogP contribution in [-0.4, -0.2) is 29.2 Å². The number of rotatable bonds is 4. The van der Waals surface area contributed by atoms with Crippen LogP contribution in [0.1, 0.15) is 11.3 Å². The van der Waals surface area contributed by atoms with Crippen LogP contribution in [0.15, 0.2) is 12.1 Å². The molecule has 1 aromatic heterocycles. The Labute approximate surface area is 91.5 Å². The Morgan fingerprint density at radius 2 is 2.25 bits per heavy atom. The number of pyridine rings is 1. The summed E-state index contributed by atoms with van der Waals surface area (Å²) in [5, 5.41) is 20.2. The number of nitrogens with zero attached hydrogens (tertiary/aromatic N) is 2. The molecule has 1 aromatic rings. The third-order valence-corrected chi connectivity index (χ3v) is 1.92. The van der Waals surface area contributed by atoms with Crippen molar-refractivity contribution in [3.8, 4) is 6.07 Å². The number of anilines is 1. The Bertz CT molecular complexity index is 404. The quantitative estimate of drug-likeness (QED) is 0.813. The van der Waals surface area contributed by atoms with Gasteiger partial charge in [-0.1, -0.05) is 0 Å². The largest absolute Gasteiger partial charge is 0.385 e. The van der Waals surface area contributed by atoms with E-state index in [4.69, 9.17) is 10.4 Å². The monoisotopic (exact) mass is 227 g/mol. The molecule has 0 radical (unpaired) electrons. The molecular formula is C10H11F2N3O. The number of aryl methyl sites for hydroxylation is 1. The van der Waals surface area contributed by atoms with E-state index in [9.17, 15) is 8.78 Å². The van der Waals surface area contributed by atoms with Gasteiger partial charge in [-0.25, -0.2) is 13.8 Å². The van der Waals surface area contributed by atoms with Gasteiger partial charge in [-0.05, 0) is 19.1 Å². The van der Waals surface area contributed by atoms with Crippen LogP contribution >= 0.6 is 0 Å². The Morgan fingerprint density at radius 3 is 2.81 bits per heavy atom. The van der Waals surface area contributed by atoms with Crippen LogP contribution in [0.25, 0.3) is 0 Å². The van der Waals surface area contributed by atoms with Crippen molar-refractivity contribution in [3.63, 3.8) is 0 Å². The zero-order chi connectivity index (χ0) is 12.1. The predicted molar refractivity (Wildman–Crippen MR) is 54.2 cm³/mol. The second kappa shape index (κ2) is 5.37. The highest BCUT2D eigenvalue weighted by atomic mass is 19.3. The predicted octanol–water partition coefficient (Wildman–Crippen LogP) is 1.30. The summed E-state index contributed by atoms with van der Waals surface area (Å²) in [6, 6.07) is 5.07. The highest BCUT2D eigenvalue weighted by Gasteiger charge is 2.17. The molecule has 1 heterocycles. The number of aliphatic hydroxyl groups is 1. The van der Waals surface area contributed by atoms with E-state index in [0.29, 0.717) is 5.69 Å². The SMILES string of the molecule is Cc1ccc(C#N)c(NCC(O)C(F)F)n1. The normalized spacial score (nSPS) is 12.2. The lowest BCUT2D eigenvalue weighted by molar-refractivity contribution is 0.00380. The van der Waals surface area contributed by atoms with Crippen LogP contribution in [0, 0.1) is 18.3 Å². The number of aliphatic hydroxyl groups excluding tert-OH is 1. The van der Waals surface area contributed by atoms with Gasteiger partial charge in [-0.3, -0.25) is 0 Å². The van der Waals surface area contributed by atoms with Gasteiger partial charge in [0.2, 0.25) is 0 Å². The molecule has 0 aromatic carbocycles. The molecule has 0 aliphatic heterocycles. The van der Waals surface area contributed by atoms with Crippen molar-refractivity contribution in [2.45, 2.75) is 19.5 Å². The Morgan fingerprint density at radius 1 is 1.56 bits per heavy atom. The van der Waals surface area contributed by atoms with E-state index in [1.807, 2.05) is 6.07 Å². The molecular weight excluding hydrogens is 216 g/mol. The minimum atomic E-state index is -2.82. The van der Waals surface area contributed by atoms with Gasteiger partial charge in [0.25, 0.3) is 6.43 Å². The average Bonchev–Trinajstić information content (AvgIpc) is 2.25. The fourth-order valence-corrected chi connectivity index (χ4v) is 1.07. The van der Waals surface area contributed by atoms with Gasteiger partial charge in [-0.2, -0.15) is 5.26 Å². The molecule has 6 heteroatoms. The van der Waals surface area contributed by atoms with E-state index in [1.54, 1.807) is 19.1 Å². The first-order chi connectivity index (χ1) is 7.54. The zero-order valence-electron chi connectivity index (χ0n) is 8.61. The minimum absolute atomic E-state index is 0.210. The molecule has 16 heavy (non-hydrogen) atoms. The molecule has 0 bridgehead atoms. The summed E-state index contributed by atoms with van der Waals surface area (Å²) in [5.41, 5.74) is 0.917. The Balaban J connectivity index is 2.73. The van der Waals surface area contributed by atoms with Crippen LogP contribution < -0.4 is 5.32 Å². The van der Waals surface area contributed by atoms with Crippen LogP contribution in [0.3, 0.4) is 0 Å². The van der Waals surface area contributed by atoms with Gasteiger partial charge in [0.05, 0.1) is 5.56 Å². The summed E-state index contributed by atoms with van der Waals surface area (Å²) in [6.07, 6.45) is -4.59. The molecule has 0 amide bonds. The van der Waals surface area contributed by atoms with Gasteiger partial charge in [0.15, 0.2) is 0 Å². The second-order valence-electron chi connectivity index (χ2n) is 3.24. The highest BCUT2D eigenvalue weighted by Crippen LogP contribution is 2.12. The number of halogens is 2. The van der Waals surface area contributed by atoms with Gasteiger partial charge in [0, 0.05) is 12.2 Å². The summed E-state index contributed by atoms with van der Waals surface area (Å²) in [4.78, 5) is 3.99. The number of hydrogen-bond acceptors (Lipinski definition) is 4. The lowest BCUT2D eigenvalue weighted by atomic mass is 10.2. The molecule has 0 fully saturated rings. The standard InChI is InChI=1S/C10H11F2N3O/c1-6-2-3-7(4-13)10(15-6)14-5-8(16)9(11)12/h2-3,8-9,16H,5H2,1H3,(H,14,15). The highest BCUT2D eigenvalue weighted by molar-refractivity contribution is 5.52. The molecule has 2 N–H and O–H groups in total. The molecule has 0 saturated heterocycles. The summed E-state index contributed by atoms with van der Waals surface area (Å²) in [7, 11) is 0. The smallest absolute Gasteiger partial charge is 0.265 e. The van der Waals surface area contributed by atoms with Crippen molar-refractivity contribution >= 4 is 5.82 Å². The maximum absolute atomic E-state index is 12.0. The van der Waals surface area contributed by atoms with Gasteiger partial charge >= 0.3 is 0 Å². The number of nitrogens with one attached hydrogen (secondary N) is 1. The topological polar surface area (TPSA) is 68.9 Å². The average molecular weight is 227 g/mol. The van der Waals surface area contributed by atoms with Crippen molar-refractivity contribution in [3.05, 3.63) is 23.4 Å². The molecule has 1 unspecified atom stereocenters. The van der Waals surface area contributed by atoms with Crippen molar-refractivity contribution in [2.24, 2.45) is 0 Å². The van der Waals surface area contributed by atoms with Crippen LogP contribution in [0.4, 0.5) is 14.6 Å². The second-order valence-corrected chi connectivity index (χ2v) is 3.24. The van der Waals surface area contributed by atoms with Crippen molar-refractivity contribution in [1.82, 2.24) is 4.98 Å². The Hall–Kier alpha value is -1.74. The first-order valence-electron chi connectivity index (χ1n) is 4.62. The van der Waals surface area contributed by atoms with Crippen molar-refractivity contribution < 1.29 is 13.9 Å². The van der Waals surface area contributed by atoms with E-state index in [0.717, 1.165) is 0 Å². The molecule has 4 nitrogen and oxygen atoms in total. The van der Waals surface area contributed by atoms with Crippen LogP contribution in [-0.2, 0) is 0 Å². The summed E-state index contributed by atoms with van der Waals surface area (Å²) in [5.74, 6) is 0.210. The lowest BCUT2D eigenvalue weighted by Gasteiger charge is -2.12. The molecule has 1 rings (SSSR count). The summed E-state index contributed by atoms with van der Waals surface area (Å²) in [6.45, 7) is 1.37. The summed E-state index contributed by atoms with van der Waals surface area (Å²) < 4.78 is 24.0. The number of aromatic nitrogens is 1. The van der Waals surface area contributed by atoms with E-state index in [1.165, 1.54) is 0 Å². The first-order valence-corrected chi connectivity index (χ1v) is 4.62. The maximum Gasteiger partial charge on any atom is 0.265 e. The molecule has 1 atom stereocenters. The summed E-state index contributed by atoms with van der Waals surface area (Å²) >= 11 is 0. The van der Waals surface area contributed by atoms with E-state index in [2.05, 4.69) is 10.3 Å². The number of nitriles is 1. The fraction of sp³-hybridized carbons (Fsp3) is 0.400. The van der Waals surface area contributed by atoms with Gasteiger partial charge in [-0.15, -0.1) is 0 Å². The van der Waals surface area contributed by atoms with Gasteiger partial charge in [0.1, 0.15) is 18.0 Å². The zero-order valence-corrected chi connectivity index (χ0v) is 8.61. The van der Waals surface area contributed by atoms with E-state index < -0.39 is 12.5 Å². The fourth-order valence-electron chi connectivity index (χ4n) is 1.07. The van der Waals surface area contributed by atoms with Crippen molar-refractivity contribution in [2.75, 3.05) is 11.9 Å².